The molecule has 9 heavy (non-hydrogen) atoms. The molecule has 0 unspecified atom stereocenters. The second kappa shape index (κ2) is 2.32. The second-order valence-corrected chi connectivity index (χ2v) is 1.58. The topological polar surface area (TPSA) is 77.0 Å². The zero-order chi connectivity index (χ0) is 6.69. The number of hydrogen-bond donors (Lipinski definition) is 3. The van der Waals surface area contributed by atoms with Crippen LogP contribution in [-0.4, -0.2) is 4.98 Å². The van der Waals surface area contributed by atoms with Crippen molar-refractivity contribution in [2.45, 2.75) is 0 Å². The first-order valence-corrected chi connectivity index (χ1v) is 2.51. The van der Waals surface area contributed by atoms with E-state index in [4.69, 9.17) is 11.6 Å². The number of rotatable bonds is 1. The third-order valence-corrected chi connectivity index (χ3v) is 0.994. The zero-order valence-electron chi connectivity index (χ0n) is 4.83. The normalized spacial score (nSPS) is 9.00. The fourth-order valence-electron chi connectivity index (χ4n) is 0.540. The molecule has 5 N–H and O–H groups in total. The largest absolute Gasteiger partial charge is 0.382 e. The minimum Gasteiger partial charge on any atom is -0.382 e. The monoisotopic (exact) mass is 126 g/mol. The summed E-state index contributed by atoms with van der Waals surface area (Å²) in [5, 5.41) is 0. The van der Waals surface area contributed by atoms with Gasteiger partial charge in [0, 0.05) is 7.62 Å². The van der Waals surface area contributed by atoms with Gasteiger partial charge in [-0.15, -0.1) is 0 Å². The minimum atomic E-state index is 0. The summed E-state index contributed by atoms with van der Waals surface area (Å²) in [4.78, 5) is 3.79. The first-order valence-electron chi connectivity index (χ1n) is 2.51. The lowest BCUT2D eigenvalue weighted by Gasteiger charge is -1.99. The van der Waals surface area contributed by atoms with Crippen LogP contribution >= 0.6 is 0 Å². The van der Waals surface area contributed by atoms with E-state index in [0.717, 1.165) is 0 Å². The molecule has 1 rings (SSSR count). The number of nitrogens with zero attached hydrogens (tertiary/aromatic N) is 1. The molecule has 0 atom stereocenters. The van der Waals surface area contributed by atoms with Crippen molar-refractivity contribution in [2.24, 2.45) is 5.84 Å². The van der Waals surface area contributed by atoms with Crippen LogP contribution in [0.1, 0.15) is 1.43 Å². The van der Waals surface area contributed by atoms with Gasteiger partial charge in [-0.2, -0.15) is 0 Å². The highest BCUT2D eigenvalue weighted by atomic mass is 15.2. The van der Waals surface area contributed by atoms with Crippen LogP contribution in [0.2, 0.25) is 0 Å². The highest BCUT2D eigenvalue weighted by molar-refractivity contribution is 5.59. The van der Waals surface area contributed by atoms with Crippen LogP contribution in [0, 0.1) is 0 Å². The number of nitrogens with two attached hydrogens (primary N) is 2. The lowest BCUT2D eigenvalue weighted by atomic mass is 10.4. The molecule has 50 valence electrons. The Morgan fingerprint density at radius 1 is 1.67 bits per heavy atom. The summed E-state index contributed by atoms with van der Waals surface area (Å²) in [5.74, 6) is 5.50. The van der Waals surface area contributed by atoms with Crippen LogP contribution in [0.25, 0.3) is 0 Å². The Balaban J connectivity index is 0.000000810. The molecule has 0 aliphatic heterocycles. The van der Waals surface area contributed by atoms with Crippen molar-refractivity contribution in [1.82, 2.24) is 4.98 Å². The fourth-order valence-corrected chi connectivity index (χ4v) is 0.540. The molecule has 0 saturated carbocycles. The summed E-state index contributed by atoms with van der Waals surface area (Å²) in [7, 11) is 0. The summed E-state index contributed by atoms with van der Waals surface area (Å²) in [6.07, 6.45) is 1.61. The molecular weight excluding hydrogens is 116 g/mol. The molecule has 0 fully saturated rings. The fraction of sp³-hybridized carbons (Fsp3) is 0. The van der Waals surface area contributed by atoms with Gasteiger partial charge >= 0.3 is 0 Å². The summed E-state index contributed by atoms with van der Waals surface area (Å²) < 4.78 is 0. The quantitative estimate of drug-likeness (QED) is 0.371. The smallest absolute Gasteiger partial charge is 0.148 e. The van der Waals surface area contributed by atoms with Crippen LogP contribution in [0.4, 0.5) is 11.5 Å². The van der Waals surface area contributed by atoms with Crippen molar-refractivity contribution >= 4 is 11.5 Å². The van der Waals surface area contributed by atoms with Gasteiger partial charge in [0.15, 0.2) is 0 Å². The molecule has 0 saturated heterocycles. The van der Waals surface area contributed by atoms with Crippen molar-refractivity contribution in [1.29, 1.82) is 0 Å². The SMILES string of the molecule is NNc1cccnc1N.[HH]. The Kier molecular flexibility index (Phi) is 1.51. The van der Waals surface area contributed by atoms with E-state index in [1.807, 2.05) is 0 Å². The summed E-state index contributed by atoms with van der Waals surface area (Å²) >= 11 is 0. The molecule has 0 bridgehead atoms. The van der Waals surface area contributed by atoms with E-state index >= 15 is 0 Å². The van der Waals surface area contributed by atoms with E-state index in [0.29, 0.717) is 11.5 Å². The molecule has 4 nitrogen and oxygen atoms in total. The number of hydrogen-bond acceptors (Lipinski definition) is 4. The van der Waals surface area contributed by atoms with Crippen molar-refractivity contribution in [3.63, 3.8) is 0 Å². The Morgan fingerprint density at radius 2 is 2.44 bits per heavy atom. The molecule has 4 heteroatoms. The van der Waals surface area contributed by atoms with Crippen molar-refractivity contribution in [2.75, 3.05) is 11.2 Å². The van der Waals surface area contributed by atoms with Crippen LogP contribution in [-0.2, 0) is 0 Å². The predicted octanol–water partition coefficient (Wildman–Crippen LogP) is 0.195. The number of pyridine rings is 1. The van der Waals surface area contributed by atoms with Gasteiger partial charge in [-0.05, 0) is 12.1 Å². The maximum Gasteiger partial charge on any atom is 0.148 e. The molecule has 1 aromatic heterocycles. The standard InChI is InChI=1S/C5H8N4.H2/c6-5-4(9-7)2-1-3-8-5;/h1-3,9H,7H2,(H2,6,8);1H. The predicted molar refractivity (Wildman–Crippen MR) is 38.6 cm³/mol. The average molecular weight is 126 g/mol. The molecule has 1 aromatic rings. The number of nitrogen functional groups attached to an aromatic ring is 2. The molecule has 0 spiro atoms. The molecule has 0 amide bonds. The molecule has 0 aromatic carbocycles. The third kappa shape index (κ3) is 1.09. The van der Waals surface area contributed by atoms with E-state index in [1.165, 1.54) is 0 Å². The van der Waals surface area contributed by atoms with Crippen molar-refractivity contribution in [3.05, 3.63) is 18.3 Å². The Morgan fingerprint density at radius 3 is 2.89 bits per heavy atom. The Bertz CT molecular complexity index is 203. The zero-order valence-corrected chi connectivity index (χ0v) is 4.83. The Labute approximate surface area is 54.3 Å². The van der Waals surface area contributed by atoms with Crippen molar-refractivity contribution < 1.29 is 1.43 Å². The number of aromatic nitrogens is 1. The van der Waals surface area contributed by atoms with E-state index in [-0.39, 0.29) is 1.43 Å². The van der Waals surface area contributed by atoms with E-state index in [1.54, 1.807) is 18.3 Å². The number of nitrogens with one attached hydrogen (secondary N) is 1. The van der Waals surface area contributed by atoms with Crippen LogP contribution < -0.4 is 17.0 Å². The lowest BCUT2D eigenvalue weighted by molar-refractivity contribution is 1.28. The van der Waals surface area contributed by atoms with Crippen LogP contribution in [0.15, 0.2) is 18.3 Å². The van der Waals surface area contributed by atoms with E-state index in [2.05, 4.69) is 10.4 Å². The average Bonchev–Trinajstić information content (AvgIpc) is 1.89. The van der Waals surface area contributed by atoms with Gasteiger partial charge in [0.25, 0.3) is 0 Å². The van der Waals surface area contributed by atoms with Crippen molar-refractivity contribution in [3.8, 4) is 0 Å². The van der Waals surface area contributed by atoms with Gasteiger partial charge in [-0.25, -0.2) is 4.98 Å². The summed E-state index contributed by atoms with van der Waals surface area (Å²) in [6.45, 7) is 0. The van der Waals surface area contributed by atoms with Crippen LogP contribution in [0.3, 0.4) is 0 Å². The highest BCUT2D eigenvalue weighted by Crippen LogP contribution is 2.10. The molecule has 0 aliphatic rings. The highest BCUT2D eigenvalue weighted by Gasteiger charge is 1.91. The maximum absolute atomic E-state index is 5.38. The van der Waals surface area contributed by atoms with E-state index < -0.39 is 0 Å². The molecule has 0 aliphatic carbocycles. The van der Waals surface area contributed by atoms with Gasteiger partial charge in [-0.1, -0.05) is 0 Å². The minimum absolute atomic E-state index is 0. The second-order valence-electron chi connectivity index (χ2n) is 1.58. The first-order chi connectivity index (χ1) is 4.34. The van der Waals surface area contributed by atoms with Gasteiger partial charge in [0.2, 0.25) is 0 Å². The van der Waals surface area contributed by atoms with Crippen LogP contribution in [0.5, 0.6) is 0 Å². The molecule has 0 radical (unpaired) electrons. The molecular formula is C5H10N4. The third-order valence-electron chi connectivity index (χ3n) is 0.994. The lowest BCUT2D eigenvalue weighted by Crippen LogP contribution is -2.09. The molecule has 1 heterocycles. The maximum atomic E-state index is 5.38. The Hall–Kier alpha value is -1.29. The van der Waals surface area contributed by atoms with Gasteiger partial charge in [0.1, 0.15) is 5.82 Å². The first kappa shape index (κ1) is 5.84. The van der Waals surface area contributed by atoms with Gasteiger partial charge in [-0.3, -0.25) is 5.84 Å². The van der Waals surface area contributed by atoms with Gasteiger partial charge in [0.05, 0.1) is 5.69 Å². The van der Waals surface area contributed by atoms with Gasteiger partial charge < -0.3 is 11.2 Å². The van der Waals surface area contributed by atoms with E-state index in [9.17, 15) is 0 Å². The summed E-state index contributed by atoms with van der Waals surface area (Å²) in [6, 6.07) is 3.51. The summed E-state index contributed by atoms with van der Waals surface area (Å²) in [5.41, 5.74) is 8.44. The number of anilines is 2. The number of hydrazine groups is 1.